The molecule has 1 aromatic rings. The lowest BCUT2D eigenvalue weighted by Gasteiger charge is -2.38. The van der Waals surface area contributed by atoms with Crippen LogP contribution in [0.2, 0.25) is 0 Å². The molecular formula is C23H26FNO5. The summed E-state index contributed by atoms with van der Waals surface area (Å²) in [6, 6.07) is 5.68. The van der Waals surface area contributed by atoms with Crippen molar-refractivity contribution in [3.8, 4) is 0 Å². The van der Waals surface area contributed by atoms with Gasteiger partial charge in [-0.25, -0.2) is 9.18 Å². The number of methoxy groups -OCH3 is 1. The van der Waals surface area contributed by atoms with Crippen LogP contribution in [0, 0.1) is 17.7 Å². The van der Waals surface area contributed by atoms with Crippen LogP contribution < -0.4 is 5.32 Å². The van der Waals surface area contributed by atoms with E-state index in [9.17, 15) is 18.8 Å². The number of halogens is 1. The lowest BCUT2D eigenvalue weighted by atomic mass is 9.69. The van der Waals surface area contributed by atoms with Gasteiger partial charge in [-0.3, -0.25) is 9.59 Å². The highest BCUT2D eigenvalue weighted by atomic mass is 19.1. The number of hydrogen-bond acceptors (Lipinski definition) is 6. The summed E-state index contributed by atoms with van der Waals surface area (Å²) in [5.41, 5.74) is 2.47. The van der Waals surface area contributed by atoms with E-state index in [1.165, 1.54) is 19.2 Å². The van der Waals surface area contributed by atoms with Gasteiger partial charge in [0.1, 0.15) is 11.7 Å². The van der Waals surface area contributed by atoms with Crippen LogP contribution in [-0.4, -0.2) is 31.4 Å². The monoisotopic (exact) mass is 415 g/mol. The summed E-state index contributed by atoms with van der Waals surface area (Å²) in [5, 5.41) is 3.19. The van der Waals surface area contributed by atoms with Gasteiger partial charge < -0.3 is 14.8 Å². The minimum Gasteiger partial charge on any atom is -0.468 e. The van der Waals surface area contributed by atoms with Crippen LogP contribution in [-0.2, 0) is 23.9 Å². The van der Waals surface area contributed by atoms with Gasteiger partial charge in [-0.1, -0.05) is 26.0 Å². The van der Waals surface area contributed by atoms with Gasteiger partial charge in [-0.2, -0.15) is 0 Å². The van der Waals surface area contributed by atoms with E-state index in [2.05, 4.69) is 5.32 Å². The third kappa shape index (κ3) is 3.88. The molecule has 1 aromatic carbocycles. The summed E-state index contributed by atoms with van der Waals surface area (Å²) in [7, 11) is 1.25. The summed E-state index contributed by atoms with van der Waals surface area (Å²) in [6.07, 6.45) is 1.11. The first-order valence-electron chi connectivity index (χ1n) is 10.1. The molecular weight excluding hydrogens is 389 g/mol. The Kier molecular flexibility index (Phi) is 6.39. The summed E-state index contributed by atoms with van der Waals surface area (Å²) in [6.45, 7) is 5.71. The molecule has 30 heavy (non-hydrogen) atoms. The van der Waals surface area contributed by atoms with Gasteiger partial charge in [0.25, 0.3) is 0 Å². The summed E-state index contributed by atoms with van der Waals surface area (Å²) in [4.78, 5) is 38.7. The number of carbonyl (C=O) groups excluding carboxylic acids is 3. The van der Waals surface area contributed by atoms with E-state index >= 15 is 0 Å². The second kappa shape index (κ2) is 8.81. The van der Waals surface area contributed by atoms with Crippen LogP contribution in [0.4, 0.5) is 4.39 Å². The largest absolute Gasteiger partial charge is 0.468 e. The van der Waals surface area contributed by atoms with Gasteiger partial charge in [0.15, 0.2) is 5.78 Å². The number of dihydropyridines is 1. The number of benzene rings is 1. The number of allylic oxidation sites excluding steroid dienone is 3. The number of hydrogen-bond donors (Lipinski definition) is 1. The zero-order valence-corrected chi connectivity index (χ0v) is 17.6. The number of ether oxygens (including phenoxy) is 2. The summed E-state index contributed by atoms with van der Waals surface area (Å²) < 4.78 is 23.8. The quantitative estimate of drug-likeness (QED) is 0.586. The van der Waals surface area contributed by atoms with Crippen molar-refractivity contribution in [3.05, 3.63) is 58.2 Å². The zero-order chi connectivity index (χ0) is 22.0. The maximum atomic E-state index is 13.6. The second-order valence-electron chi connectivity index (χ2n) is 7.72. The summed E-state index contributed by atoms with van der Waals surface area (Å²) >= 11 is 0. The van der Waals surface area contributed by atoms with Crippen LogP contribution in [0.15, 0.2) is 46.8 Å². The molecule has 0 bridgehead atoms. The van der Waals surface area contributed by atoms with Gasteiger partial charge in [0, 0.05) is 22.9 Å². The van der Waals surface area contributed by atoms with E-state index in [1.807, 2.05) is 13.8 Å². The van der Waals surface area contributed by atoms with Crippen molar-refractivity contribution >= 4 is 17.7 Å². The molecule has 0 radical (unpaired) electrons. The molecule has 6 nitrogen and oxygen atoms in total. The first-order valence-corrected chi connectivity index (χ1v) is 10.1. The van der Waals surface area contributed by atoms with E-state index in [-0.39, 0.29) is 18.3 Å². The third-order valence-electron chi connectivity index (χ3n) is 5.60. The molecule has 0 unspecified atom stereocenters. The highest BCUT2D eigenvalue weighted by Crippen LogP contribution is 2.45. The van der Waals surface area contributed by atoms with Crippen LogP contribution in [0.25, 0.3) is 0 Å². The van der Waals surface area contributed by atoms with Crippen molar-refractivity contribution in [1.29, 1.82) is 0 Å². The lowest BCUT2D eigenvalue weighted by Crippen LogP contribution is -2.43. The van der Waals surface area contributed by atoms with E-state index in [4.69, 9.17) is 9.47 Å². The molecule has 1 aliphatic heterocycles. The molecule has 1 heterocycles. The topological polar surface area (TPSA) is 81.7 Å². The molecule has 7 heteroatoms. The Bertz CT molecular complexity index is 931. The highest BCUT2D eigenvalue weighted by molar-refractivity contribution is 6.12. The number of rotatable bonds is 5. The molecule has 1 N–H and O–H groups in total. The van der Waals surface area contributed by atoms with Crippen LogP contribution >= 0.6 is 0 Å². The van der Waals surface area contributed by atoms with Crippen molar-refractivity contribution in [2.24, 2.45) is 11.8 Å². The minimum absolute atomic E-state index is 0.243. The van der Waals surface area contributed by atoms with Crippen LogP contribution in [0.3, 0.4) is 0 Å². The summed E-state index contributed by atoms with van der Waals surface area (Å²) in [5.74, 6) is -3.91. The van der Waals surface area contributed by atoms with Gasteiger partial charge in [0.2, 0.25) is 0 Å². The van der Waals surface area contributed by atoms with Gasteiger partial charge in [0.05, 0.1) is 19.3 Å². The van der Waals surface area contributed by atoms with E-state index in [1.54, 1.807) is 19.1 Å². The molecule has 160 valence electrons. The van der Waals surface area contributed by atoms with Crippen LogP contribution in [0.5, 0.6) is 0 Å². The minimum atomic E-state index is -0.954. The number of esters is 2. The fourth-order valence-corrected chi connectivity index (χ4v) is 4.21. The Labute approximate surface area is 175 Å². The average Bonchev–Trinajstić information content (AvgIpc) is 2.71. The molecule has 3 rings (SSSR count). The fourth-order valence-electron chi connectivity index (χ4n) is 4.21. The smallest absolute Gasteiger partial charge is 0.336 e. The Morgan fingerprint density at radius 2 is 1.90 bits per heavy atom. The fraction of sp³-hybridized carbons (Fsp3) is 0.435. The molecule has 0 spiro atoms. The Hall–Kier alpha value is -2.96. The van der Waals surface area contributed by atoms with E-state index in [0.29, 0.717) is 40.9 Å². The van der Waals surface area contributed by atoms with Gasteiger partial charge in [-0.05, 0) is 43.4 Å². The van der Waals surface area contributed by atoms with Crippen LogP contribution in [0.1, 0.15) is 45.1 Å². The standard InChI is InChI=1S/C23H26FNO5/c1-5-10-30-23(28)18-13(3)25-16-11-12(2)17(22(27)29-4)21(26)20(16)19(18)14-6-8-15(24)9-7-14/h6-9,12,17,19,25H,5,10-11H2,1-4H3/t12-,17-,19-/m1/s1. The number of nitrogens with one attached hydrogen (secondary N) is 1. The Morgan fingerprint density at radius 3 is 2.50 bits per heavy atom. The average molecular weight is 415 g/mol. The molecule has 1 aliphatic carbocycles. The normalized spacial score (nSPS) is 23.6. The van der Waals surface area contributed by atoms with Gasteiger partial charge in [-0.15, -0.1) is 0 Å². The van der Waals surface area contributed by atoms with Crippen molar-refractivity contribution in [1.82, 2.24) is 5.32 Å². The molecule has 0 saturated carbocycles. The highest BCUT2D eigenvalue weighted by Gasteiger charge is 2.47. The first kappa shape index (κ1) is 21.7. The molecule has 0 saturated heterocycles. The van der Waals surface area contributed by atoms with E-state index < -0.39 is 29.6 Å². The third-order valence-corrected chi connectivity index (χ3v) is 5.60. The Balaban J connectivity index is 2.15. The van der Waals surface area contributed by atoms with Crippen molar-refractivity contribution in [3.63, 3.8) is 0 Å². The maximum Gasteiger partial charge on any atom is 0.336 e. The Morgan fingerprint density at radius 1 is 1.23 bits per heavy atom. The molecule has 3 atom stereocenters. The maximum absolute atomic E-state index is 13.6. The molecule has 0 aromatic heterocycles. The molecule has 2 aliphatic rings. The predicted octanol–water partition coefficient (Wildman–Crippen LogP) is 3.39. The SMILES string of the molecule is CCCOC(=O)C1=C(C)NC2=C(C(=O)[C@H](C(=O)OC)[C@H](C)C2)[C@@H]1c1ccc(F)cc1. The lowest BCUT2D eigenvalue weighted by molar-refractivity contribution is -0.151. The molecule has 0 amide bonds. The number of carbonyl (C=O) groups is 3. The van der Waals surface area contributed by atoms with Crippen molar-refractivity contribution in [2.75, 3.05) is 13.7 Å². The molecule has 0 fully saturated rings. The van der Waals surface area contributed by atoms with Gasteiger partial charge >= 0.3 is 11.9 Å². The van der Waals surface area contributed by atoms with Crippen molar-refractivity contribution < 1.29 is 28.2 Å². The predicted molar refractivity (Wildman–Crippen MR) is 108 cm³/mol. The first-order chi connectivity index (χ1) is 14.3. The second-order valence-corrected chi connectivity index (χ2v) is 7.72. The number of Topliss-reactive ketones (excluding diaryl/α,β-unsaturated/α-hetero) is 1. The zero-order valence-electron chi connectivity index (χ0n) is 17.6. The number of ketones is 1. The van der Waals surface area contributed by atoms with Crippen molar-refractivity contribution in [2.45, 2.75) is 39.5 Å². The van der Waals surface area contributed by atoms with E-state index in [0.717, 1.165) is 0 Å².